The molecule has 0 amide bonds. The average Bonchev–Trinajstić information content (AvgIpc) is 3.09. The lowest BCUT2D eigenvalue weighted by molar-refractivity contribution is 0.0824. The van der Waals surface area contributed by atoms with E-state index < -0.39 is 15.8 Å². The van der Waals surface area contributed by atoms with Crippen molar-refractivity contribution in [2.75, 3.05) is 26.3 Å². The minimum atomic E-state index is -3.64. The molecule has 2 aliphatic rings. The molecule has 0 bridgehead atoms. The molecule has 6 nitrogen and oxygen atoms in total. The maximum Gasteiger partial charge on any atom is 0.243 e. The summed E-state index contributed by atoms with van der Waals surface area (Å²) in [6, 6.07) is 5.25. The molecule has 4 rings (SSSR count). The highest BCUT2D eigenvalue weighted by atomic mass is 32.2. The second kappa shape index (κ2) is 8.53. The summed E-state index contributed by atoms with van der Waals surface area (Å²) < 4.78 is 48.4. The first-order valence-corrected chi connectivity index (χ1v) is 11.7. The van der Waals surface area contributed by atoms with Crippen LogP contribution in [0.1, 0.15) is 43.1 Å². The molecule has 2 aromatic rings. The topological polar surface area (TPSA) is 64.4 Å². The van der Waals surface area contributed by atoms with Crippen molar-refractivity contribution in [1.29, 1.82) is 0 Å². The second-order valence-corrected chi connectivity index (χ2v) is 10.00. The summed E-state index contributed by atoms with van der Waals surface area (Å²) in [4.78, 5) is 4.70. The normalized spacial score (nSPS) is 20.2. The van der Waals surface area contributed by atoms with E-state index >= 15 is 0 Å². The number of sulfonamides is 1. The molecule has 8 heteroatoms. The van der Waals surface area contributed by atoms with Crippen LogP contribution in [0.2, 0.25) is 0 Å². The summed E-state index contributed by atoms with van der Waals surface area (Å²) in [7, 11) is -3.64. The van der Waals surface area contributed by atoms with Gasteiger partial charge in [-0.15, -0.1) is 0 Å². The smallest absolute Gasteiger partial charge is 0.243 e. The fourth-order valence-electron chi connectivity index (χ4n) is 4.37. The lowest BCUT2D eigenvalue weighted by Gasteiger charge is -2.32. The Morgan fingerprint density at radius 1 is 1.17 bits per heavy atom. The standard InChI is InChI=1S/C21H28FN3O3S/c1-16-14-23-21(18-7-11-28-12-8-18)25(16)15-17-5-9-24(10-6-17)29(26,27)20-4-2-3-19(22)13-20/h2-4,13-14,17-18H,5-12,15H2,1H3. The fraction of sp³-hybridized carbons (Fsp3) is 0.571. The summed E-state index contributed by atoms with van der Waals surface area (Å²) in [5, 5.41) is 0. The van der Waals surface area contributed by atoms with Crippen LogP contribution in [0.5, 0.6) is 0 Å². The van der Waals surface area contributed by atoms with Gasteiger partial charge in [0.2, 0.25) is 10.0 Å². The van der Waals surface area contributed by atoms with Crippen LogP contribution < -0.4 is 0 Å². The van der Waals surface area contributed by atoms with Crippen molar-refractivity contribution in [3.63, 3.8) is 0 Å². The van der Waals surface area contributed by atoms with E-state index in [1.807, 2.05) is 6.20 Å². The average molecular weight is 422 g/mol. The molecule has 1 aromatic heterocycles. The first-order chi connectivity index (χ1) is 13.9. The Kier molecular flexibility index (Phi) is 6.03. The molecule has 0 radical (unpaired) electrons. The third-order valence-electron chi connectivity index (χ3n) is 6.12. The van der Waals surface area contributed by atoms with Gasteiger partial charge in [-0.05, 0) is 56.7 Å². The van der Waals surface area contributed by atoms with E-state index in [-0.39, 0.29) is 4.90 Å². The zero-order valence-electron chi connectivity index (χ0n) is 16.8. The zero-order valence-corrected chi connectivity index (χ0v) is 17.6. The van der Waals surface area contributed by atoms with Gasteiger partial charge < -0.3 is 9.30 Å². The molecular weight excluding hydrogens is 393 g/mol. The third kappa shape index (κ3) is 4.39. The third-order valence-corrected chi connectivity index (χ3v) is 8.02. The maximum absolute atomic E-state index is 13.5. The number of ether oxygens (including phenoxy) is 1. The van der Waals surface area contributed by atoms with Crippen LogP contribution >= 0.6 is 0 Å². The van der Waals surface area contributed by atoms with Crippen LogP contribution in [0.15, 0.2) is 35.4 Å². The Bertz CT molecular complexity index is 946. The highest BCUT2D eigenvalue weighted by molar-refractivity contribution is 7.89. The molecule has 2 fully saturated rings. The molecule has 1 aromatic carbocycles. The SMILES string of the molecule is Cc1cnc(C2CCOCC2)n1CC1CCN(S(=O)(=O)c2cccc(F)c2)CC1. The molecule has 158 valence electrons. The van der Waals surface area contributed by atoms with Gasteiger partial charge in [-0.25, -0.2) is 17.8 Å². The summed E-state index contributed by atoms with van der Waals surface area (Å²) in [6.07, 6.45) is 5.52. The number of benzene rings is 1. The summed E-state index contributed by atoms with van der Waals surface area (Å²) in [5.74, 6) is 1.45. The molecule has 29 heavy (non-hydrogen) atoms. The van der Waals surface area contributed by atoms with Crippen molar-refractivity contribution in [3.8, 4) is 0 Å². The Morgan fingerprint density at radius 3 is 2.59 bits per heavy atom. The van der Waals surface area contributed by atoms with Crippen molar-refractivity contribution in [2.45, 2.75) is 50.0 Å². The molecule has 0 N–H and O–H groups in total. The van der Waals surface area contributed by atoms with E-state index in [0.717, 1.165) is 63.0 Å². The lowest BCUT2D eigenvalue weighted by atomic mass is 9.96. The molecular formula is C21H28FN3O3S. The molecule has 2 aliphatic heterocycles. The van der Waals surface area contributed by atoms with E-state index in [9.17, 15) is 12.8 Å². The Morgan fingerprint density at radius 2 is 1.90 bits per heavy atom. The Hall–Kier alpha value is -1.77. The first kappa shape index (κ1) is 20.5. The van der Waals surface area contributed by atoms with Crippen LogP contribution in [0.4, 0.5) is 4.39 Å². The largest absolute Gasteiger partial charge is 0.381 e. The van der Waals surface area contributed by atoms with E-state index in [0.29, 0.717) is 24.9 Å². The van der Waals surface area contributed by atoms with Gasteiger partial charge >= 0.3 is 0 Å². The number of nitrogens with zero attached hydrogens (tertiary/aromatic N) is 3. The minimum absolute atomic E-state index is 0.0307. The van der Waals surface area contributed by atoms with E-state index in [2.05, 4.69) is 16.5 Å². The predicted molar refractivity (Wildman–Crippen MR) is 108 cm³/mol. The minimum Gasteiger partial charge on any atom is -0.381 e. The van der Waals surface area contributed by atoms with Crippen molar-refractivity contribution in [2.24, 2.45) is 5.92 Å². The second-order valence-electron chi connectivity index (χ2n) is 8.06. The monoisotopic (exact) mass is 421 g/mol. The van der Waals surface area contributed by atoms with Gasteiger partial charge in [0.1, 0.15) is 11.6 Å². The number of rotatable bonds is 5. The van der Waals surface area contributed by atoms with E-state index in [1.54, 1.807) is 0 Å². The zero-order chi connectivity index (χ0) is 20.4. The van der Waals surface area contributed by atoms with E-state index in [1.165, 1.54) is 22.5 Å². The van der Waals surface area contributed by atoms with Gasteiger partial charge in [0, 0.05) is 50.7 Å². The van der Waals surface area contributed by atoms with Crippen LogP contribution in [0.3, 0.4) is 0 Å². The van der Waals surface area contributed by atoms with Crippen molar-refractivity contribution in [1.82, 2.24) is 13.9 Å². The number of hydrogen-bond donors (Lipinski definition) is 0. The number of hydrogen-bond acceptors (Lipinski definition) is 4. The Balaban J connectivity index is 1.41. The quantitative estimate of drug-likeness (QED) is 0.743. The van der Waals surface area contributed by atoms with Crippen LogP contribution in [0.25, 0.3) is 0 Å². The number of halogens is 1. The lowest BCUT2D eigenvalue weighted by Crippen LogP contribution is -2.39. The number of aromatic nitrogens is 2. The Labute approximate surface area is 171 Å². The highest BCUT2D eigenvalue weighted by Crippen LogP contribution is 2.30. The summed E-state index contributed by atoms with van der Waals surface area (Å²) in [5.41, 5.74) is 1.15. The summed E-state index contributed by atoms with van der Waals surface area (Å²) in [6.45, 7) is 5.44. The molecule has 0 saturated carbocycles. The van der Waals surface area contributed by atoms with Crippen molar-refractivity contribution >= 4 is 10.0 Å². The molecule has 3 heterocycles. The highest BCUT2D eigenvalue weighted by Gasteiger charge is 2.31. The van der Waals surface area contributed by atoms with Gasteiger partial charge in [0.15, 0.2) is 0 Å². The molecule has 0 atom stereocenters. The number of piperidine rings is 1. The fourth-order valence-corrected chi connectivity index (χ4v) is 5.87. The number of aryl methyl sites for hydroxylation is 1. The predicted octanol–water partition coefficient (Wildman–Crippen LogP) is 3.33. The molecule has 0 aliphatic carbocycles. The van der Waals surface area contributed by atoms with Crippen LogP contribution in [-0.4, -0.2) is 48.6 Å². The van der Waals surface area contributed by atoms with E-state index in [4.69, 9.17) is 4.74 Å². The van der Waals surface area contributed by atoms with Crippen molar-refractivity contribution in [3.05, 3.63) is 47.8 Å². The number of imidazole rings is 1. The van der Waals surface area contributed by atoms with Crippen molar-refractivity contribution < 1.29 is 17.5 Å². The van der Waals surface area contributed by atoms with Gasteiger partial charge in [0.25, 0.3) is 0 Å². The van der Waals surface area contributed by atoms with Gasteiger partial charge in [-0.2, -0.15) is 4.31 Å². The summed E-state index contributed by atoms with van der Waals surface area (Å²) >= 11 is 0. The molecule has 0 spiro atoms. The van der Waals surface area contributed by atoms with Gasteiger partial charge in [-0.3, -0.25) is 0 Å². The maximum atomic E-state index is 13.5. The molecule has 2 saturated heterocycles. The molecule has 0 unspecified atom stereocenters. The van der Waals surface area contributed by atoms with Crippen LogP contribution in [0, 0.1) is 18.7 Å². The van der Waals surface area contributed by atoms with Crippen LogP contribution in [-0.2, 0) is 21.3 Å². The van der Waals surface area contributed by atoms with Gasteiger partial charge in [-0.1, -0.05) is 6.07 Å². The van der Waals surface area contributed by atoms with Gasteiger partial charge in [0.05, 0.1) is 4.90 Å². The first-order valence-electron chi connectivity index (χ1n) is 10.3.